The summed E-state index contributed by atoms with van der Waals surface area (Å²) in [5, 5.41) is 0. The zero-order chi connectivity index (χ0) is 28.1. The van der Waals surface area contributed by atoms with Gasteiger partial charge in [0.15, 0.2) is 0 Å². The van der Waals surface area contributed by atoms with Gasteiger partial charge in [0, 0.05) is 24.8 Å². The van der Waals surface area contributed by atoms with E-state index in [4.69, 9.17) is 9.97 Å². The van der Waals surface area contributed by atoms with Crippen LogP contribution < -0.4 is 0 Å². The molecule has 0 amide bonds. The van der Waals surface area contributed by atoms with Crippen LogP contribution in [-0.2, 0) is 0 Å². The molecule has 6 nitrogen and oxygen atoms in total. The standard InChI is InChI=1S/C36H24N6/c1-3-19-37-29(7-1)31-9-5-11-33(41-31)35-23-27(17-21-39-35)25-13-15-26(16-14-25)28-18-22-40-36(24-28)34-12-6-10-32(42-34)30-8-2-4-20-38-30/h1-24H. The number of hydrogen-bond acceptors (Lipinski definition) is 6. The van der Waals surface area contributed by atoms with Crippen LogP contribution in [0.5, 0.6) is 0 Å². The van der Waals surface area contributed by atoms with Gasteiger partial charge < -0.3 is 0 Å². The molecule has 0 aliphatic carbocycles. The first-order chi connectivity index (χ1) is 20.8. The van der Waals surface area contributed by atoms with Crippen molar-refractivity contribution >= 4 is 0 Å². The molecule has 7 rings (SSSR count). The lowest BCUT2D eigenvalue weighted by Crippen LogP contribution is -1.92. The summed E-state index contributed by atoms with van der Waals surface area (Å²) in [4.78, 5) is 27.7. The number of nitrogens with zero attached hydrogens (tertiary/aromatic N) is 6. The minimum absolute atomic E-state index is 0.807. The molecule has 0 saturated carbocycles. The molecular formula is C36H24N6. The summed E-state index contributed by atoms with van der Waals surface area (Å²) in [5.41, 5.74) is 10.9. The summed E-state index contributed by atoms with van der Waals surface area (Å²) < 4.78 is 0. The van der Waals surface area contributed by atoms with Crippen molar-refractivity contribution in [2.45, 2.75) is 0 Å². The van der Waals surface area contributed by atoms with Gasteiger partial charge in [0.25, 0.3) is 0 Å². The molecule has 0 aliphatic rings. The zero-order valence-corrected chi connectivity index (χ0v) is 22.5. The minimum Gasteiger partial charge on any atom is -0.255 e. The fraction of sp³-hybridized carbons (Fsp3) is 0. The van der Waals surface area contributed by atoms with Crippen LogP contribution in [0.2, 0.25) is 0 Å². The van der Waals surface area contributed by atoms with E-state index < -0.39 is 0 Å². The predicted molar refractivity (Wildman–Crippen MR) is 166 cm³/mol. The highest BCUT2D eigenvalue weighted by Gasteiger charge is 2.10. The zero-order valence-electron chi connectivity index (χ0n) is 22.5. The van der Waals surface area contributed by atoms with Crippen LogP contribution in [0.15, 0.2) is 146 Å². The Morgan fingerprint density at radius 2 is 0.643 bits per heavy atom. The molecule has 0 aliphatic heterocycles. The predicted octanol–water partition coefficient (Wildman–Crippen LogP) is 8.06. The number of benzene rings is 1. The molecule has 0 atom stereocenters. The Morgan fingerprint density at radius 1 is 0.262 bits per heavy atom. The molecule has 0 radical (unpaired) electrons. The highest BCUT2D eigenvalue weighted by atomic mass is 14.8. The van der Waals surface area contributed by atoms with Crippen molar-refractivity contribution in [1.82, 2.24) is 29.9 Å². The van der Waals surface area contributed by atoms with Gasteiger partial charge in [-0.3, -0.25) is 19.9 Å². The van der Waals surface area contributed by atoms with Crippen molar-refractivity contribution in [2.24, 2.45) is 0 Å². The molecule has 7 aromatic rings. The molecule has 198 valence electrons. The molecule has 42 heavy (non-hydrogen) atoms. The second-order valence-corrected chi connectivity index (χ2v) is 9.68. The van der Waals surface area contributed by atoms with Crippen LogP contribution in [0, 0.1) is 0 Å². The Hall–Kier alpha value is -5.88. The second kappa shape index (κ2) is 11.3. The van der Waals surface area contributed by atoms with Gasteiger partial charge in [-0.05, 0) is 95.1 Å². The quantitative estimate of drug-likeness (QED) is 0.212. The van der Waals surface area contributed by atoms with Crippen LogP contribution >= 0.6 is 0 Å². The molecule has 0 unspecified atom stereocenters. The summed E-state index contributed by atoms with van der Waals surface area (Å²) in [7, 11) is 0. The fourth-order valence-corrected chi connectivity index (χ4v) is 4.82. The summed E-state index contributed by atoms with van der Waals surface area (Å²) in [6.45, 7) is 0. The smallest absolute Gasteiger partial charge is 0.0894 e. The average Bonchev–Trinajstić information content (AvgIpc) is 3.09. The van der Waals surface area contributed by atoms with Crippen LogP contribution in [0.4, 0.5) is 0 Å². The van der Waals surface area contributed by atoms with Gasteiger partial charge in [-0.25, -0.2) is 9.97 Å². The van der Waals surface area contributed by atoms with E-state index in [0.29, 0.717) is 0 Å². The minimum atomic E-state index is 0.807. The number of hydrogen-bond donors (Lipinski definition) is 0. The van der Waals surface area contributed by atoms with E-state index in [-0.39, 0.29) is 0 Å². The van der Waals surface area contributed by atoms with Crippen molar-refractivity contribution in [3.05, 3.63) is 146 Å². The first-order valence-electron chi connectivity index (χ1n) is 13.6. The van der Waals surface area contributed by atoms with Crippen molar-refractivity contribution in [1.29, 1.82) is 0 Å². The van der Waals surface area contributed by atoms with Gasteiger partial charge in [0.05, 0.1) is 45.6 Å². The van der Waals surface area contributed by atoms with Crippen molar-refractivity contribution < 1.29 is 0 Å². The van der Waals surface area contributed by atoms with Crippen LogP contribution in [0.1, 0.15) is 0 Å². The maximum atomic E-state index is 4.82. The highest BCUT2D eigenvalue weighted by Crippen LogP contribution is 2.29. The van der Waals surface area contributed by atoms with Crippen LogP contribution in [0.25, 0.3) is 67.8 Å². The first-order valence-corrected chi connectivity index (χ1v) is 13.6. The number of rotatable bonds is 6. The molecule has 0 spiro atoms. The lowest BCUT2D eigenvalue weighted by atomic mass is 10.00. The molecule has 0 saturated heterocycles. The molecule has 0 fully saturated rings. The average molecular weight is 541 g/mol. The molecule has 1 aromatic carbocycles. The lowest BCUT2D eigenvalue weighted by molar-refractivity contribution is 1.22. The van der Waals surface area contributed by atoms with Gasteiger partial charge in [-0.15, -0.1) is 0 Å². The molecule has 0 bridgehead atoms. The van der Waals surface area contributed by atoms with Gasteiger partial charge in [0.2, 0.25) is 0 Å². The third-order valence-corrected chi connectivity index (χ3v) is 6.95. The van der Waals surface area contributed by atoms with Crippen molar-refractivity contribution in [2.75, 3.05) is 0 Å². The van der Waals surface area contributed by atoms with Gasteiger partial charge in [-0.1, -0.05) is 48.5 Å². The normalized spacial score (nSPS) is 10.9. The Labute approximate surface area is 243 Å². The summed E-state index contributed by atoms with van der Waals surface area (Å²) >= 11 is 0. The van der Waals surface area contributed by atoms with Gasteiger partial charge >= 0.3 is 0 Å². The van der Waals surface area contributed by atoms with Crippen molar-refractivity contribution in [3.63, 3.8) is 0 Å². The molecule has 6 heteroatoms. The van der Waals surface area contributed by atoms with E-state index in [1.54, 1.807) is 12.4 Å². The van der Waals surface area contributed by atoms with Crippen molar-refractivity contribution in [3.8, 4) is 67.8 Å². The first kappa shape index (κ1) is 25.1. The second-order valence-electron chi connectivity index (χ2n) is 9.68. The molecular weight excluding hydrogens is 516 g/mol. The Kier molecular flexibility index (Phi) is 6.76. The summed E-state index contributed by atoms with van der Waals surface area (Å²) in [6, 6.07) is 40.2. The van der Waals surface area contributed by atoms with E-state index in [9.17, 15) is 0 Å². The Bertz CT molecular complexity index is 1830. The van der Waals surface area contributed by atoms with Crippen LogP contribution in [-0.4, -0.2) is 29.9 Å². The maximum absolute atomic E-state index is 4.82. The van der Waals surface area contributed by atoms with E-state index in [1.165, 1.54) is 0 Å². The Morgan fingerprint density at radius 3 is 1.05 bits per heavy atom. The number of pyridine rings is 6. The SMILES string of the molecule is c1ccc(-c2cccc(-c3cc(-c4ccc(-c5ccnc(-c6cccc(-c7ccccn7)n6)c5)cc4)ccn3)n2)nc1. The molecule has 6 heterocycles. The highest BCUT2D eigenvalue weighted by molar-refractivity contribution is 5.75. The molecule has 0 N–H and O–H groups in total. The molecule has 6 aromatic heterocycles. The third-order valence-electron chi connectivity index (χ3n) is 6.95. The van der Waals surface area contributed by atoms with E-state index >= 15 is 0 Å². The van der Waals surface area contributed by atoms with E-state index in [0.717, 1.165) is 67.8 Å². The third kappa shape index (κ3) is 5.29. The van der Waals surface area contributed by atoms with Crippen LogP contribution in [0.3, 0.4) is 0 Å². The lowest BCUT2D eigenvalue weighted by Gasteiger charge is -2.09. The largest absolute Gasteiger partial charge is 0.255 e. The van der Waals surface area contributed by atoms with E-state index in [2.05, 4.69) is 56.3 Å². The number of aromatic nitrogens is 6. The summed E-state index contributed by atoms with van der Waals surface area (Å²) in [6.07, 6.45) is 7.21. The monoisotopic (exact) mass is 540 g/mol. The van der Waals surface area contributed by atoms with Gasteiger partial charge in [0.1, 0.15) is 0 Å². The summed E-state index contributed by atoms with van der Waals surface area (Å²) in [5.74, 6) is 0. The Balaban J connectivity index is 1.15. The topological polar surface area (TPSA) is 77.3 Å². The van der Waals surface area contributed by atoms with Gasteiger partial charge in [-0.2, -0.15) is 0 Å². The maximum Gasteiger partial charge on any atom is 0.0894 e. The van der Waals surface area contributed by atoms with E-state index in [1.807, 2.05) is 97.3 Å². The fourth-order valence-electron chi connectivity index (χ4n) is 4.82.